The van der Waals surface area contributed by atoms with Gasteiger partial charge in [0.15, 0.2) is 0 Å². The molecule has 8 heteroatoms. The minimum absolute atomic E-state index is 0.229. The largest absolute Gasteiger partial charge is 0.383 e. The Morgan fingerprint density at radius 2 is 1.92 bits per heavy atom. The Morgan fingerprint density at radius 3 is 2.69 bits per heavy atom. The number of pyridine rings is 3. The van der Waals surface area contributed by atoms with Crippen molar-refractivity contribution in [2.75, 3.05) is 18.1 Å². The smallest absolute Gasteiger partial charge is 0.292 e. The number of hydrogen-bond acceptors (Lipinski definition) is 7. The van der Waals surface area contributed by atoms with Gasteiger partial charge in [0.05, 0.1) is 11.9 Å². The summed E-state index contributed by atoms with van der Waals surface area (Å²) in [5.74, 6) is 1.14. The van der Waals surface area contributed by atoms with Crippen LogP contribution in [0.4, 0.5) is 11.6 Å². The molecule has 0 saturated heterocycles. The lowest BCUT2D eigenvalue weighted by Gasteiger charge is -2.10. The maximum atomic E-state index is 12.2. The zero-order chi connectivity index (χ0) is 18.4. The molecular formula is C18H17N7O. The molecule has 0 fully saturated rings. The fourth-order valence-electron chi connectivity index (χ4n) is 2.95. The van der Waals surface area contributed by atoms with Crippen molar-refractivity contribution < 1.29 is 0 Å². The monoisotopic (exact) mass is 347 g/mol. The van der Waals surface area contributed by atoms with Crippen LogP contribution in [-0.4, -0.2) is 31.8 Å². The van der Waals surface area contributed by atoms with E-state index < -0.39 is 0 Å². The summed E-state index contributed by atoms with van der Waals surface area (Å²) in [7, 11) is 3.41. The SMILES string of the molecule is CNc1cc2cc(-c3cc4cnn(C)c(=O)c4nc3C)nc(N)c2cn1. The molecule has 0 aromatic carbocycles. The Kier molecular flexibility index (Phi) is 3.54. The molecule has 0 radical (unpaired) electrons. The maximum absolute atomic E-state index is 12.2. The van der Waals surface area contributed by atoms with Gasteiger partial charge in [-0.05, 0) is 30.5 Å². The van der Waals surface area contributed by atoms with Gasteiger partial charge >= 0.3 is 0 Å². The third-order valence-electron chi connectivity index (χ3n) is 4.39. The van der Waals surface area contributed by atoms with Crippen LogP contribution in [0.25, 0.3) is 32.9 Å². The molecule has 8 nitrogen and oxygen atoms in total. The highest BCUT2D eigenvalue weighted by molar-refractivity contribution is 5.95. The standard InChI is InChI=1S/C18H17N7O/c1-9-12(4-11-7-22-25(3)18(26)16(11)23-9)14-5-10-6-15(20-2)21-8-13(10)17(19)24-14/h4-8H,1-3H3,(H2,19,24)(H,20,21). The van der Waals surface area contributed by atoms with Gasteiger partial charge in [0.2, 0.25) is 0 Å². The van der Waals surface area contributed by atoms with Gasteiger partial charge in [0, 0.05) is 42.3 Å². The molecule has 0 aliphatic heterocycles. The molecule has 4 aromatic rings. The molecule has 4 aromatic heterocycles. The number of nitrogens with zero attached hydrogens (tertiary/aromatic N) is 5. The summed E-state index contributed by atoms with van der Waals surface area (Å²) >= 11 is 0. The van der Waals surface area contributed by atoms with Crippen molar-refractivity contribution >= 4 is 33.3 Å². The molecule has 4 heterocycles. The number of aromatic nitrogens is 5. The fraction of sp³-hybridized carbons (Fsp3) is 0.167. The predicted molar refractivity (Wildman–Crippen MR) is 102 cm³/mol. The molecule has 130 valence electrons. The van der Waals surface area contributed by atoms with E-state index in [1.54, 1.807) is 19.4 Å². The van der Waals surface area contributed by atoms with Crippen LogP contribution in [0.3, 0.4) is 0 Å². The highest BCUT2D eigenvalue weighted by atomic mass is 16.1. The van der Waals surface area contributed by atoms with E-state index in [-0.39, 0.29) is 5.56 Å². The Morgan fingerprint density at radius 1 is 1.12 bits per heavy atom. The van der Waals surface area contributed by atoms with Crippen molar-refractivity contribution in [3.63, 3.8) is 0 Å². The minimum atomic E-state index is -0.229. The predicted octanol–water partition coefficient (Wildman–Crippen LogP) is 1.87. The quantitative estimate of drug-likeness (QED) is 0.569. The summed E-state index contributed by atoms with van der Waals surface area (Å²) in [4.78, 5) is 25.5. The molecule has 0 aliphatic rings. The van der Waals surface area contributed by atoms with Gasteiger partial charge in [-0.25, -0.2) is 19.6 Å². The van der Waals surface area contributed by atoms with Crippen LogP contribution < -0.4 is 16.6 Å². The molecule has 3 N–H and O–H groups in total. The zero-order valence-corrected chi connectivity index (χ0v) is 14.6. The number of aryl methyl sites for hydroxylation is 2. The van der Waals surface area contributed by atoms with Crippen LogP contribution in [0.2, 0.25) is 0 Å². The first-order chi connectivity index (χ1) is 12.5. The van der Waals surface area contributed by atoms with Gasteiger partial charge in [-0.2, -0.15) is 5.10 Å². The van der Waals surface area contributed by atoms with Crippen LogP contribution in [0.15, 0.2) is 35.4 Å². The van der Waals surface area contributed by atoms with E-state index in [1.807, 2.05) is 32.2 Å². The third kappa shape index (κ3) is 2.43. The van der Waals surface area contributed by atoms with Gasteiger partial charge in [0.25, 0.3) is 5.56 Å². The molecule has 26 heavy (non-hydrogen) atoms. The summed E-state index contributed by atoms with van der Waals surface area (Å²) in [6, 6.07) is 5.73. The van der Waals surface area contributed by atoms with Crippen molar-refractivity contribution in [2.45, 2.75) is 6.92 Å². The highest BCUT2D eigenvalue weighted by Gasteiger charge is 2.13. The van der Waals surface area contributed by atoms with Crippen LogP contribution in [0.1, 0.15) is 5.69 Å². The molecule has 0 aliphatic carbocycles. The summed E-state index contributed by atoms with van der Waals surface area (Å²) < 4.78 is 1.27. The molecule has 0 spiro atoms. The van der Waals surface area contributed by atoms with E-state index in [0.29, 0.717) is 28.1 Å². The average molecular weight is 347 g/mol. The fourth-order valence-corrected chi connectivity index (χ4v) is 2.95. The number of rotatable bonds is 2. The number of nitrogens with one attached hydrogen (secondary N) is 1. The first-order valence-corrected chi connectivity index (χ1v) is 8.06. The first kappa shape index (κ1) is 15.9. The number of anilines is 2. The normalized spacial score (nSPS) is 11.2. The summed E-state index contributed by atoms with van der Waals surface area (Å²) in [6.45, 7) is 1.85. The summed E-state index contributed by atoms with van der Waals surface area (Å²) in [5, 5.41) is 9.46. The van der Waals surface area contributed by atoms with E-state index >= 15 is 0 Å². The Balaban J connectivity index is 1.98. The highest BCUT2D eigenvalue weighted by Crippen LogP contribution is 2.29. The zero-order valence-electron chi connectivity index (χ0n) is 14.6. The van der Waals surface area contributed by atoms with Gasteiger partial charge in [-0.1, -0.05) is 0 Å². The topological polar surface area (TPSA) is 112 Å². The average Bonchev–Trinajstić information content (AvgIpc) is 2.64. The lowest BCUT2D eigenvalue weighted by Crippen LogP contribution is -2.20. The van der Waals surface area contributed by atoms with E-state index in [4.69, 9.17) is 5.73 Å². The van der Waals surface area contributed by atoms with Crippen LogP contribution >= 0.6 is 0 Å². The molecular weight excluding hydrogens is 330 g/mol. The van der Waals surface area contributed by atoms with Crippen molar-refractivity contribution in [3.8, 4) is 11.3 Å². The number of nitrogens with two attached hydrogens (primary N) is 1. The molecule has 0 bridgehead atoms. The second kappa shape index (κ2) is 5.76. The summed E-state index contributed by atoms with van der Waals surface area (Å²) in [5.41, 5.74) is 8.50. The van der Waals surface area contributed by atoms with E-state index in [1.165, 1.54) is 4.68 Å². The molecule has 4 rings (SSSR count). The van der Waals surface area contributed by atoms with Gasteiger partial charge < -0.3 is 11.1 Å². The second-order valence-electron chi connectivity index (χ2n) is 6.07. The van der Waals surface area contributed by atoms with Crippen molar-refractivity contribution in [3.05, 3.63) is 46.6 Å². The van der Waals surface area contributed by atoms with Crippen LogP contribution in [0, 0.1) is 6.92 Å². The lowest BCUT2D eigenvalue weighted by molar-refractivity contribution is 0.716. The Hall–Kier alpha value is -3.55. The number of hydrogen-bond donors (Lipinski definition) is 2. The van der Waals surface area contributed by atoms with Gasteiger partial charge in [0.1, 0.15) is 17.2 Å². The number of nitrogen functional groups attached to an aromatic ring is 1. The second-order valence-corrected chi connectivity index (χ2v) is 6.07. The molecule has 0 amide bonds. The van der Waals surface area contributed by atoms with Crippen molar-refractivity contribution in [2.24, 2.45) is 7.05 Å². The first-order valence-electron chi connectivity index (χ1n) is 8.06. The van der Waals surface area contributed by atoms with E-state index in [9.17, 15) is 4.79 Å². The van der Waals surface area contributed by atoms with Gasteiger partial charge in [-0.15, -0.1) is 0 Å². The minimum Gasteiger partial charge on any atom is -0.383 e. The van der Waals surface area contributed by atoms with Crippen molar-refractivity contribution in [1.82, 2.24) is 24.7 Å². The third-order valence-corrected chi connectivity index (χ3v) is 4.39. The van der Waals surface area contributed by atoms with Gasteiger partial charge in [-0.3, -0.25) is 4.79 Å². The molecule has 0 unspecified atom stereocenters. The van der Waals surface area contributed by atoms with Crippen molar-refractivity contribution in [1.29, 1.82) is 0 Å². The summed E-state index contributed by atoms with van der Waals surface area (Å²) in [6.07, 6.45) is 3.33. The van der Waals surface area contributed by atoms with E-state index in [0.717, 1.165) is 22.2 Å². The van der Waals surface area contributed by atoms with Crippen LogP contribution in [0.5, 0.6) is 0 Å². The Bertz CT molecular complexity index is 1230. The van der Waals surface area contributed by atoms with Crippen LogP contribution in [-0.2, 0) is 7.05 Å². The lowest BCUT2D eigenvalue weighted by atomic mass is 10.1. The maximum Gasteiger partial charge on any atom is 0.292 e. The Labute approximate surface area is 148 Å². The number of fused-ring (bicyclic) bond motifs is 2. The molecule has 0 atom stereocenters. The molecule has 0 saturated carbocycles. The van der Waals surface area contributed by atoms with E-state index in [2.05, 4.69) is 25.4 Å².